The molecule has 3 heterocycles. The lowest BCUT2D eigenvalue weighted by atomic mass is 9.44. The molecule has 304 valence electrons. The normalized spacial score (nSPS) is 12.7. The van der Waals surface area contributed by atoms with Gasteiger partial charge in [-0.25, -0.2) is 0 Å². The summed E-state index contributed by atoms with van der Waals surface area (Å²) in [6.07, 6.45) is 0. The smallest absolute Gasteiger partial charge is 0.336 e. The average Bonchev–Trinajstić information content (AvgIpc) is 3.72. The van der Waals surface area contributed by atoms with Gasteiger partial charge in [-0.2, -0.15) is 0 Å². The van der Waals surface area contributed by atoms with E-state index in [0.29, 0.717) is 0 Å². The second-order valence-corrected chi connectivity index (χ2v) is 21.0. The van der Waals surface area contributed by atoms with Gasteiger partial charge in [-0.15, -0.1) is 0 Å². The summed E-state index contributed by atoms with van der Waals surface area (Å²) in [6.45, 7) is -0.122. The van der Waals surface area contributed by atoms with E-state index in [1.54, 1.807) is 0 Å². The van der Waals surface area contributed by atoms with Crippen LogP contribution in [0.4, 0.5) is 11.4 Å². The number of anilines is 2. The second-order valence-electron chi connectivity index (χ2n) is 17.2. The molecule has 3 nitrogen and oxygen atoms in total. The van der Waals surface area contributed by atoms with Crippen LogP contribution in [0.1, 0.15) is 0 Å². The van der Waals surface area contributed by atoms with Crippen molar-refractivity contribution in [2.24, 2.45) is 0 Å². The van der Waals surface area contributed by atoms with E-state index in [4.69, 9.17) is 4.74 Å². The van der Waals surface area contributed by atoms with Gasteiger partial charge in [-0.1, -0.05) is 194 Å². The maximum Gasteiger partial charge on any atom is 0.336 e. The van der Waals surface area contributed by atoms with Gasteiger partial charge in [-0.3, -0.25) is 0 Å². The summed E-state index contributed by atoms with van der Waals surface area (Å²) >= 11 is 0. The Morgan fingerprint density at radius 3 is 1.57 bits per heavy atom. The van der Waals surface area contributed by atoms with Gasteiger partial charge in [0.25, 0.3) is 0 Å². The van der Waals surface area contributed by atoms with Crippen molar-refractivity contribution in [1.82, 2.24) is 4.57 Å². The molecule has 1 aromatic heterocycles. The topological polar surface area (TPSA) is 17.4 Å². The quantitative estimate of drug-likeness (QED) is 0.117. The van der Waals surface area contributed by atoms with Crippen LogP contribution in [0.25, 0.3) is 49.7 Å². The van der Waals surface area contributed by atoms with Crippen LogP contribution in [-0.4, -0.2) is 19.5 Å². The largest absolute Gasteiger partial charge is 0.458 e. The lowest BCUT2D eigenvalue weighted by molar-refractivity contribution is 0.487. The number of aromatic nitrogens is 1. The first kappa shape index (κ1) is 37.4. The fraction of sp³-hybridized carbons (Fsp3) is 0. The Hall–Kier alpha value is -8.12. The van der Waals surface area contributed by atoms with Crippen molar-refractivity contribution < 1.29 is 4.74 Å². The molecule has 13 rings (SSSR count). The lowest BCUT2D eigenvalue weighted by Crippen LogP contribution is -2.74. The van der Waals surface area contributed by atoms with E-state index in [2.05, 4.69) is 258 Å². The van der Waals surface area contributed by atoms with Gasteiger partial charge >= 0.3 is 6.85 Å². The molecule has 5 heteroatoms. The molecule has 0 bridgehead atoms. The fourth-order valence-electron chi connectivity index (χ4n) is 11.0. The van der Waals surface area contributed by atoms with E-state index in [-0.39, 0.29) is 6.85 Å². The predicted octanol–water partition coefficient (Wildman–Crippen LogP) is 10.9. The first-order valence-corrected chi connectivity index (χ1v) is 24.5. The van der Waals surface area contributed by atoms with Crippen LogP contribution < -0.4 is 41.2 Å². The highest BCUT2D eigenvalue weighted by atomic mass is 28.3. The van der Waals surface area contributed by atoms with Gasteiger partial charge in [0.1, 0.15) is 11.5 Å². The molecular weight excluding hydrogens is 804 g/mol. The van der Waals surface area contributed by atoms with Gasteiger partial charge in [0, 0.05) is 38.9 Å². The van der Waals surface area contributed by atoms with E-state index in [0.717, 1.165) is 45.2 Å². The maximum atomic E-state index is 7.05. The van der Waals surface area contributed by atoms with Gasteiger partial charge < -0.3 is 14.1 Å². The van der Waals surface area contributed by atoms with Crippen molar-refractivity contribution in [1.29, 1.82) is 0 Å². The zero-order valence-corrected chi connectivity index (χ0v) is 36.6. The molecule has 0 atom stereocenters. The minimum Gasteiger partial charge on any atom is -0.458 e. The third-order valence-electron chi connectivity index (χ3n) is 13.8. The van der Waals surface area contributed by atoms with Gasteiger partial charge in [-0.05, 0) is 97.5 Å². The van der Waals surface area contributed by atoms with Crippen molar-refractivity contribution in [2.75, 3.05) is 4.81 Å². The first-order chi connectivity index (χ1) is 32.3. The maximum absolute atomic E-state index is 7.05. The Labute approximate surface area is 380 Å². The molecule has 0 aliphatic carbocycles. The predicted molar refractivity (Wildman–Crippen MR) is 275 cm³/mol. The monoisotopic (exact) mass is 844 g/mol. The number of benzene rings is 10. The van der Waals surface area contributed by atoms with Gasteiger partial charge in [0.05, 0.1) is 11.0 Å². The number of para-hydroxylation sites is 4. The Morgan fingerprint density at radius 1 is 0.369 bits per heavy atom. The lowest BCUT2D eigenvalue weighted by Gasteiger charge is -2.42. The van der Waals surface area contributed by atoms with Crippen LogP contribution in [0.5, 0.6) is 11.5 Å². The number of rotatable bonds is 7. The third kappa shape index (κ3) is 5.76. The highest BCUT2D eigenvalue weighted by Gasteiger charge is 2.45. The summed E-state index contributed by atoms with van der Waals surface area (Å²) in [5.41, 5.74) is 12.8. The molecule has 2 aliphatic heterocycles. The van der Waals surface area contributed by atoms with E-state index in [1.165, 1.54) is 59.1 Å². The molecule has 0 amide bonds. The van der Waals surface area contributed by atoms with Gasteiger partial charge in [0.2, 0.25) is 0 Å². The second kappa shape index (κ2) is 15.0. The minimum absolute atomic E-state index is 0.122. The Morgan fingerprint density at radius 2 is 0.923 bits per heavy atom. The number of ether oxygens (including phenoxy) is 1. The number of hydrogen-bond acceptors (Lipinski definition) is 2. The van der Waals surface area contributed by atoms with Crippen molar-refractivity contribution in [3.63, 3.8) is 0 Å². The summed E-state index contributed by atoms with van der Waals surface area (Å²) in [5, 5.41) is 7.89. The van der Waals surface area contributed by atoms with E-state index < -0.39 is 8.07 Å². The molecule has 0 saturated carbocycles. The zero-order valence-electron chi connectivity index (χ0n) is 35.6. The molecule has 0 radical (unpaired) electrons. The number of fused-ring (bicyclic) bond motifs is 7. The summed E-state index contributed by atoms with van der Waals surface area (Å²) in [4.78, 5) is 2.54. The molecule has 0 fully saturated rings. The van der Waals surface area contributed by atoms with Crippen LogP contribution in [0.15, 0.2) is 249 Å². The molecule has 11 aromatic rings. The molecule has 65 heavy (non-hydrogen) atoms. The van der Waals surface area contributed by atoms with Crippen molar-refractivity contribution in [3.8, 4) is 39.4 Å². The highest BCUT2D eigenvalue weighted by Crippen LogP contribution is 2.47. The van der Waals surface area contributed by atoms with Crippen molar-refractivity contribution in [3.05, 3.63) is 249 Å². The molecule has 0 spiro atoms. The molecular formula is C60H41BN2OSi. The average molecular weight is 845 g/mol. The SMILES string of the molecule is c1ccc(N2B3c4ccccc4Oc4cc(-c5cccc([Si](c6ccccc6)(c6ccccc6)c6ccccc6)c5)cc(c43)-c3ccc(-n4c5ccccc5c5ccccc54)cc32)cc1. The summed E-state index contributed by atoms with van der Waals surface area (Å²) in [7, 11) is -2.78. The fourth-order valence-corrected chi connectivity index (χ4v) is 15.8. The first-order valence-electron chi connectivity index (χ1n) is 22.5. The molecule has 0 unspecified atom stereocenters. The van der Waals surface area contributed by atoms with E-state index in [9.17, 15) is 0 Å². The Kier molecular flexibility index (Phi) is 8.65. The molecule has 0 N–H and O–H groups in total. The molecule has 10 aromatic carbocycles. The summed E-state index contributed by atoms with van der Waals surface area (Å²) in [5.74, 6) is 1.77. The van der Waals surface area contributed by atoms with Crippen molar-refractivity contribution >= 4 is 79.8 Å². The van der Waals surface area contributed by atoms with Crippen LogP contribution in [0, 0.1) is 0 Å². The molecule has 2 aliphatic rings. The van der Waals surface area contributed by atoms with E-state index >= 15 is 0 Å². The van der Waals surface area contributed by atoms with Crippen LogP contribution >= 0.6 is 0 Å². The van der Waals surface area contributed by atoms with Crippen LogP contribution in [0.2, 0.25) is 0 Å². The zero-order chi connectivity index (χ0) is 42.9. The summed E-state index contributed by atoms with van der Waals surface area (Å²) in [6, 6.07) is 91.6. The summed E-state index contributed by atoms with van der Waals surface area (Å²) < 4.78 is 9.48. The minimum atomic E-state index is -2.78. The Bertz CT molecular complexity index is 3440. The molecule has 0 saturated heterocycles. The number of nitrogens with zero attached hydrogens (tertiary/aromatic N) is 2. The van der Waals surface area contributed by atoms with Crippen LogP contribution in [0.3, 0.4) is 0 Å². The van der Waals surface area contributed by atoms with Crippen LogP contribution in [-0.2, 0) is 0 Å². The standard InChI is InChI=1S/C60H41BN2OSi/c1-5-21-44(22-6-1)63-57-41-45(62-55-33-16-13-30-50(55)51-31-14-17-34-56(51)62)36-37-52(57)53-39-43(40-59-60(53)61(63)54-32-15-18-35-58(54)64-59)42-20-19-29-49(38-42)65(46-23-7-2-8-24-46,47-25-9-3-10-26-47)48-27-11-4-12-28-48/h1-41H. The highest BCUT2D eigenvalue weighted by molar-refractivity contribution is 7.20. The third-order valence-corrected chi connectivity index (χ3v) is 18.5. The van der Waals surface area contributed by atoms with Crippen molar-refractivity contribution in [2.45, 2.75) is 0 Å². The number of hydrogen-bond donors (Lipinski definition) is 0. The van der Waals surface area contributed by atoms with E-state index in [1.807, 2.05) is 0 Å². The van der Waals surface area contributed by atoms with Gasteiger partial charge in [0.15, 0.2) is 8.07 Å². The Balaban J connectivity index is 1.06.